The second kappa shape index (κ2) is 5.10. The molecule has 1 N–H and O–H groups in total. The summed E-state index contributed by atoms with van der Waals surface area (Å²) in [7, 11) is 1.54. The number of methoxy groups -OCH3 is 1. The van der Waals surface area contributed by atoms with Crippen LogP contribution in [0.25, 0.3) is 11.3 Å². The molecule has 1 aromatic heterocycles. The van der Waals surface area contributed by atoms with Gasteiger partial charge < -0.3 is 14.4 Å². The fourth-order valence-electron chi connectivity index (χ4n) is 1.66. The minimum Gasteiger partial charge on any atom is -0.495 e. The van der Waals surface area contributed by atoms with E-state index in [0.29, 0.717) is 16.5 Å². The maximum absolute atomic E-state index is 10.7. The monoisotopic (exact) mass is 266 g/mol. The molecular weight excluding hydrogens is 256 g/mol. The van der Waals surface area contributed by atoms with Crippen LogP contribution in [0.4, 0.5) is 0 Å². The summed E-state index contributed by atoms with van der Waals surface area (Å²) in [5.41, 5.74) is 1.49. The molecule has 0 spiro atoms. The number of halogens is 1. The van der Waals surface area contributed by atoms with E-state index in [1.54, 1.807) is 29.0 Å². The van der Waals surface area contributed by atoms with Gasteiger partial charge in [0, 0.05) is 5.56 Å². The Hall–Kier alpha value is -2.01. The number of hydrogen-bond donors (Lipinski definition) is 1. The maximum atomic E-state index is 10.7. The van der Waals surface area contributed by atoms with E-state index in [-0.39, 0.29) is 6.54 Å². The summed E-state index contributed by atoms with van der Waals surface area (Å²) >= 11 is 6.03. The first kappa shape index (κ1) is 12.4. The molecule has 0 bridgehead atoms. The van der Waals surface area contributed by atoms with Crippen LogP contribution in [0.1, 0.15) is 0 Å². The highest BCUT2D eigenvalue weighted by atomic mass is 35.5. The van der Waals surface area contributed by atoms with Crippen molar-refractivity contribution in [1.29, 1.82) is 0 Å². The van der Waals surface area contributed by atoms with E-state index in [1.807, 2.05) is 0 Å². The van der Waals surface area contributed by atoms with Gasteiger partial charge in [0.25, 0.3) is 0 Å². The van der Waals surface area contributed by atoms with Gasteiger partial charge in [-0.15, -0.1) is 0 Å². The van der Waals surface area contributed by atoms with E-state index in [0.717, 1.165) is 5.56 Å². The zero-order valence-corrected chi connectivity index (χ0v) is 10.4. The van der Waals surface area contributed by atoms with E-state index >= 15 is 0 Å². The van der Waals surface area contributed by atoms with Gasteiger partial charge >= 0.3 is 5.97 Å². The number of imidazole rings is 1. The Kier molecular flexibility index (Phi) is 3.53. The molecule has 94 valence electrons. The molecule has 5 nitrogen and oxygen atoms in total. The van der Waals surface area contributed by atoms with E-state index in [1.165, 1.54) is 13.4 Å². The molecule has 0 atom stereocenters. The van der Waals surface area contributed by atoms with Crippen LogP contribution in [-0.4, -0.2) is 27.7 Å². The molecule has 2 rings (SSSR count). The molecule has 2 aromatic rings. The van der Waals surface area contributed by atoms with Gasteiger partial charge in [0.2, 0.25) is 0 Å². The Balaban J connectivity index is 2.40. The lowest BCUT2D eigenvalue weighted by molar-refractivity contribution is -0.137. The predicted molar refractivity (Wildman–Crippen MR) is 66.9 cm³/mol. The first-order valence-electron chi connectivity index (χ1n) is 5.17. The summed E-state index contributed by atoms with van der Waals surface area (Å²) in [6, 6.07) is 5.26. The van der Waals surface area contributed by atoms with Crippen molar-refractivity contribution in [2.24, 2.45) is 0 Å². The second-order valence-electron chi connectivity index (χ2n) is 3.65. The van der Waals surface area contributed by atoms with Gasteiger partial charge in [0.1, 0.15) is 12.3 Å². The smallest absolute Gasteiger partial charge is 0.323 e. The molecule has 18 heavy (non-hydrogen) atoms. The molecule has 0 unspecified atom stereocenters. The average Bonchev–Trinajstić information content (AvgIpc) is 2.76. The molecule has 6 heteroatoms. The number of carboxylic acids is 1. The molecule has 0 aliphatic heterocycles. The van der Waals surface area contributed by atoms with Crippen molar-refractivity contribution in [1.82, 2.24) is 9.55 Å². The van der Waals surface area contributed by atoms with Crippen molar-refractivity contribution in [2.45, 2.75) is 6.54 Å². The fourth-order valence-corrected chi connectivity index (χ4v) is 1.92. The molecule has 0 radical (unpaired) electrons. The van der Waals surface area contributed by atoms with Crippen molar-refractivity contribution in [2.75, 3.05) is 7.11 Å². The van der Waals surface area contributed by atoms with Crippen LogP contribution in [0.2, 0.25) is 5.02 Å². The minimum atomic E-state index is -0.922. The fraction of sp³-hybridized carbons (Fsp3) is 0.167. The highest BCUT2D eigenvalue weighted by Gasteiger charge is 2.10. The third-order valence-electron chi connectivity index (χ3n) is 2.47. The number of carbonyl (C=O) groups is 1. The van der Waals surface area contributed by atoms with Gasteiger partial charge in [-0.3, -0.25) is 4.79 Å². The Morgan fingerprint density at radius 1 is 1.56 bits per heavy atom. The van der Waals surface area contributed by atoms with E-state index < -0.39 is 5.97 Å². The zero-order valence-electron chi connectivity index (χ0n) is 9.63. The van der Waals surface area contributed by atoms with Gasteiger partial charge in [0.05, 0.1) is 30.4 Å². The van der Waals surface area contributed by atoms with Gasteiger partial charge in [-0.05, 0) is 18.2 Å². The number of nitrogens with zero attached hydrogens (tertiary/aromatic N) is 2. The number of benzene rings is 1. The summed E-state index contributed by atoms with van der Waals surface area (Å²) < 4.78 is 6.61. The molecule has 0 fully saturated rings. The Labute approximate surface area is 109 Å². The van der Waals surface area contributed by atoms with Crippen molar-refractivity contribution in [3.63, 3.8) is 0 Å². The molecule has 1 aromatic carbocycles. The third kappa shape index (κ3) is 2.46. The number of aromatic nitrogens is 2. The molecule has 0 saturated heterocycles. The van der Waals surface area contributed by atoms with Gasteiger partial charge in [-0.2, -0.15) is 0 Å². The van der Waals surface area contributed by atoms with Crippen LogP contribution in [0.5, 0.6) is 5.75 Å². The topological polar surface area (TPSA) is 64.4 Å². The lowest BCUT2D eigenvalue weighted by Gasteiger charge is -2.08. The summed E-state index contributed by atoms with van der Waals surface area (Å²) in [5.74, 6) is -0.349. The first-order chi connectivity index (χ1) is 8.61. The van der Waals surface area contributed by atoms with Crippen LogP contribution in [0, 0.1) is 0 Å². The van der Waals surface area contributed by atoms with Crippen LogP contribution in [0.15, 0.2) is 30.7 Å². The van der Waals surface area contributed by atoms with Crippen LogP contribution >= 0.6 is 11.6 Å². The lowest BCUT2D eigenvalue weighted by atomic mass is 10.1. The van der Waals surface area contributed by atoms with Gasteiger partial charge in [-0.25, -0.2) is 4.98 Å². The van der Waals surface area contributed by atoms with Gasteiger partial charge in [-0.1, -0.05) is 11.6 Å². The number of hydrogen-bond acceptors (Lipinski definition) is 3. The first-order valence-corrected chi connectivity index (χ1v) is 5.55. The van der Waals surface area contributed by atoms with E-state index in [2.05, 4.69) is 4.98 Å². The second-order valence-corrected chi connectivity index (χ2v) is 4.06. The van der Waals surface area contributed by atoms with Gasteiger partial charge in [0.15, 0.2) is 0 Å². The quantitative estimate of drug-likeness (QED) is 0.922. The van der Waals surface area contributed by atoms with Crippen molar-refractivity contribution < 1.29 is 14.6 Å². The Morgan fingerprint density at radius 3 is 2.94 bits per heavy atom. The highest BCUT2D eigenvalue weighted by Crippen LogP contribution is 2.29. The number of carboxylic acid groups (broad SMARTS) is 1. The Bertz CT molecular complexity index is 580. The molecule has 0 aliphatic rings. The summed E-state index contributed by atoms with van der Waals surface area (Å²) in [6.45, 7) is -0.140. The van der Waals surface area contributed by atoms with Crippen molar-refractivity contribution in [3.8, 4) is 17.0 Å². The molecule has 0 amide bonds. The third-order valence-corrected chi connectivity index (χ3v) is 2.76. The highest BCUT2D eigenvalue weighted by molar-refractivity contribution is 6.32. The SMILES string of the molecule is COc1ccc(-c2cncn2CC(=O)O)cc1Cl. The number of aliphatic carboxylic acids is 1. The van der Waals surface area contributed by atoms with Crippen LogP contribution in [-0.2, 0) is 11.3 Å². The Morgan fingerprint density at radius 2 is 2.33 bits per heavy atom. The van der Waals surface area contributed by atoms with E-state index in [4.69, 9.17) is 21.4 Å². The summed E-state index contributed by atoms with van der Waals surface area (Å²) in [4.78, 5) is 14.7. The lowest BCUT2D eigenvalue weighted by Crippen LogP contribution is -2.08. The summed E-state index contributed by atoms with van der Waals surface area (Å²) in [5, 5.41) is 9.27. The largest absolute Gasteiger partial charge is 0.495 e. The maximum Gasteiger partial charge on any atom is 0.323 e. The zero-order chi connectivity index (χ0) is 13.1. The van der Waals surface area contributed by atoms with E-state index in [9.17, 15) is 4.79 Å². The number of ether oxygens (including phenoxy) is 1. The normalized spacial score (nSPS) is 10.3. The standard InChI is InChI=1S/C12H11ClN2O3/c1-18-11-3-2-8(4-9(11)13)10-5-14-7-15(10)6-12(16)17/h2-5,7H,6H2,1H3,(H,16,17). The molecule has 1 heterocycles. The average molecular weight is 267 g/mol. The van der Waals surface area contributed by atoms with Crippen LogP contribution < -0.4 is 4.74 Å². The van der Waals surface area contributed by atoms with Crippen molar-refractivity contribution in [3.05, 3.63) is 35.7 Å². The minimum absolute atomic E-state index is 0.140. The summed E-state index contributed by atoms with van der Waals surface area (Å²) in [6.07, 6.45) is 3.07. The number of rotatable bonds is 4. The van der Waals surface area contributed by atoms with Crippen molar-refractivity contribution >= 4 is 17.6 Å². The van der Waals surface area contributed by atoms with Crippen LogP contribution in [0.3, 0.4) is 0 Å². The molecule has 0 aliphatic carbocycles. The predicted octanol–water partition coefficient (Wildman–Crippen LogP) is 2.30. The molecule has 0 saturated carbocycles. The molecular formula is C12H11ClN2O3.